The molecule has 1 atom stereocenters. The standard InChI is InChI=1S/C16H24ClNO2/c1-11(2)18-6-5-16(3,19)10-13-9-14(17)8-12-4-7-20-15(12)13/h8-9,11,18-19H,4-7,10H2,1-3H3. The van der Waals surface area contributed by atoms with E-state index in [9.17, 15) is 5.11 Å². The van der Waals surface area contributed by atoms with Crippen LogP contribution in [-0.2, 0) is 12.8 Å². The summed E-state index contributed by atoms with van der Waals surface area (Å²) in [5.74, 6) is 0.923. The first kappa shape index (κ1) is 15.6. The number of nitrogens with one attached hydrogen (secondary N) is 1. The van der Waals surface area contributed by atoms with Gasteiger partial charge in [0, 0.05) is 23.9 Å². The Balaban J connectivity index is 2.05. The number of ether oxygens (including phenoxy) is 1. The Kier molecular flexibility index (Phi) is 4.95. The zero-order valence-corrected chi connectivity index (χ0v) is 13.3. The lowest BCUT2D eigenvalue weighted by Gasteiger charge is -2.25. The number of rotatable bonds is 6. The van der Waals surface area contributed by atoms with Gasteiger partial charge in [-0.25, -0.2) is 0 Å². The van der Waals surface area contributed by atoms with E-state index in [0.717, 1.165) is 34.9 Å². The van der Waals surface area contributed by atoms with Gasteiger partial charge < -0.3 is 15.2 Å². The lowest BCUT2D eigenvalue weighted by Crippen LogP contribution is -2.34. The fourth-order valence-corrected chi connectivity index (χ4v) is 2.87. The predicted molar refractivity (Wildman–Crippen MR) is 82.7 cm³/mol. The summed E-state index contributed by atoms with van der Waals surface area (Å²) in [5, 5.41) is 14.6. The van der Waals surface area contributed by atoms with E-state index in [1.165, 1.54) is 0 Å². The van der Waals surface area contributed by atoms with Crippen LogP contribution < -0.4 is 10.1 Å². The number of hydrogen-bond donors (Lipinski definition) is 2. The lowest BCUT2D eigenvalue weighted by molar-refractivity contribution is 0.0504. The van der Waals surface area contributed by atoms with Crippen molar-refractivity contribution in [2.24, 2.45) is 0 Å². The molecule has 1 unspecified atom stereocenters. The number of benzene rings is 1. The van der Waals surface area contributed by atoms with Gasteiger partial charge in [0.1, 0.15) is 5.75 Å². The van der Waals surface area contributed by atoms with Crippen LogP contribution >= 0.6 is 11.6 Å². The Morgan fingerprint density at radius 1 is 1.45 bits per heavy atom. The van der Waals surface area contributed by atoms with E-state index in [-0.39, 0.29) is 0 Å². The number of fused-ring (bicyclic) bond motifs is 1. The van der Waals surface area contributed by atoms with Gasteiger partial charge in [0.05, 0.1) is 12.2 Å². The average molecular weight is 298 g/mol. The summed E-state index contributed by atoms with van der Waals surface area (Å²) in [5.41, 5.74) is 1.41. The summed E-state index contributed by atoms with van der Waals surface area (Å²) in [6, 6.07) is 4.31. The largest absolute Gasteiger partial charge is 0.493 e. The van der Waals surface area contributed by atoms with Gasteiger partial charge in [0.25, 0.3) is 0 Å². The fraction of sp³-hybridized carbons (Fsp3) is 0.625. The van der Waals surface area contributed by atoms with Crippen molar-refractivity contribution in [2.45, 2.75) is 51.7 Å². The molecule has 1 heterocycles. The molecule has 0 fully saturated rings. The highest BCUT2D eigenvalue weighted by atomic mass is 35.5. The smallest absolute Gasteiger partial charge is 0.126 e. The van der Waals surface area contributed by atoms with Crippen LogP contribution in [-0.4, -0.2) is 29.9 Å². The molecule has 2 rings (SSSR count). The molecule has 1 aliphatic rings. The molecular formula is C16H24ClNO2. The third kappa shape index (κ3) is 4.11. The maximum absolute atomic E-state index is 10.6. The van der Waals surface area contributed by atoms with Crippen LogP contribution in [0.3, 0.4) is 0 Å². The van der Waals surface area contributed by atoms with Crippen LogP contribution in [0, 0.1) is 0 Å². The quantitative estimate of drug-likeness (QED) is 0.848. The molecule has 0 aromatic heterocycles. The first-order valence-electron chi connectivity index (χ1n) is 7.27. The van der Waals surface area contributed by atoms with E-state index in [1.54, 1.807) is 0 Å². The highest BCUT2D eigenvalue weighted by Gasteiger charge is 2.25. The third-order valence-corrected chi connectivity index (χ3v) is 3.83. The maximum atomic E-state index is 10.6. The predicted octanol–water partition coefficient (Wildman–Crippen LogP) is 2.96. The van der Waals surface area contributed by atoms with Crippen LogP contribution in [0.4, 0.5) is 0 Å². The molecule has 0 amide bonds. The van der Waals surface area contributed by atoms with E-state index in [0.29, 0.717) is 25.5 Å². The molecule has 0 radical (unpaired) electrons. The van der Waals surface area contributed by atoms with Gasteiger partial charge in [0.15, 0.2) is 0 Å². The summed E-state index contributed by atoms with van der Waals surface area (Å²) in [7, 11) is 0. The van der Waals surface area contributed by atoms with Crippen LogP contribution in [0.25, 0.3) is 0 Å². The Morgan fingerprint density at radius 2 is 2.20 bits per heavy atom. The van der Waals surface area contributed by atoms with Crippen LogP contribution in [0.15, 0.2) is 12.1 Å². The Labute approximate surface area is 126 Å². The Morgan fingerprint density at radius 3 is 2.90 bits per heavy atom. The molecule has 0 saturated heterocycles. The van der Waals surface area contributed by atoms with Crippen molar-refractivity contribution in [1.29, 1.82) is 0 Å². The Bertz CT molecular complexity index is 472. The van der Waals surface area contributed by atoms with E-state index in [2.05, 4.69) is 19.2 Å². The molecule has 20 heavy (non-hydrogen) atoms. The first-order chi connectivity index (χ1) is 9.37. The van der Waals surface area contributed by atoms with E-state index < -0.39 is 5.60 Å². The van der Waals surface area contributed by atoms with Crippen molar-refractivity contribution in [1.82, 2.24) is 5.32 Å². The molecule has 0 aliphatic carbocycles. The number of hydrogen-bond acceptors (Lipinski definition) is 3. The van der Waals surface area contributed by atoms with Crippen molar-refractivity contribution in [3.63, 3.8) is 0 Å². The molecule has 1 aromatic carbocycles. The molecule has 0 saturated carbocycles. The van der Waals surface area contributed by atoms with Gasteiger partial charge in [0.2, 0.25) is 0 Å². The van der Waals surface area contributed by atoms with Crippen molar-refractivity contribution >= 4 is 11.6 Å². The second-order valence-electron chi connectivity index (χ2n) is 6.18. The van der Waals surface area contributed by atoms with Crippen LogP contribution in [0.2, 0.25) is 5.02 Å². The topological polar surface area (TPSA) is 41.5 Å². The van der Waals surface area contributed by atoms with Gasteiger partial charge in [-0.3, -0.25) is 0 Å². The minimum absolute atomic E-state index is 0.435. The normalized spacial score (nSPS) is 16.9. The minimum Gasteiger partial charge on any atom is -0.493 e. The monoisotopic (exact) mass is 297 g/mol. The summed E-state index contributed by atoms with van der Waals surface area (Å²) < 4.78 is 5.69. The summed E-state index contributed by atoms with van der Waals surface area (Å²) in [6.07, 6.45) is 2.17. The molecule has 1 aromatic rings. The molecule has 4 heteroatoms. The summed E-state index contributed by atoms with van der Waals surface area (Å²) in [6.45, 7) is 7.59. The minimum atomic E-state index is -0.758. The van der Waals surface area contributed by atoms with Crippen LogP contribution in [0.1, 0.15) is 38.3 Å². The summed E-state index contributed by atoms with van der Waals surface area (Å²) in [4.78, 5) is 0. The van der Waals surface area contributed by atoms with Crippen LogP contribution in [0.5, 0.6) is 5.75 Å². The highest BCUT2D eigenvalue weighted by molar-refractivity contribution is 6.30. The van der Waals surface area contributed by atoms with Gasteiger partial charge in [-0.2, -0.15) is 0 Å². The second-order valence-corrected chi connectivity index (χ2v) is 6.62. The Hall–Kier alpha value is -0.770. The molecule has 112 valence electrons. The maximum Gasteiger partial charge on any atom is 0.126 e. The van der Waals surface area contributed by atoms with Gasteiger partial charge in [-0.15, -0.1) is 0 Å². The van der Waals surface area contributed by atoms with Gasteiger partial charge in [-0.1, -0.05) is 25.4 Å². The van der Waals surface area contributed by atoms with Gasteiger partial charge >= 0.3 is 0 Å². The van der Waals surface area contributed by atoms with Crippen molar-refractivity contribution in [3.8, 4) is 5.75 Å². The highest BCUT2D eigenvalue weighted by Crippen LogP contribution is 2.35. The zero-order chi connectivity index (χ0) is 14.8. The van der Waals surface area contributed by atoms with Crippen molar-refractivity contribution in [3.05, 3.63) is 28.3 Å². The second kappa shape index (κ2) is 6.33. The molecular weight excluding hydrogens is 274 g/mol. The zero-order valence-electron chi connectivity index (χ0n) is 12.5. The molecule has 1 aliphatic heterocycles. The average Bonchev–Trinajstić information content (AvgIpc) is 2.75. The van der Waals surface area contributed by atoms with Crippen molar-refractivity contribution in [2.75, 3.05) is 13.2 Å². The fourth-order valence-electron chi connectivity index (χ4n) is 2.61. The van der Waals surface area contributed by atoms with E-state index in [4.69, 9.17) is 16.3 Å². The van der Waals surface area contributed by atoms with E-state index in [1.807, 2.05) is 19.1 Å². The number of aliphatic hydroxyl groups is 1. The number of halogens is 1. The lowest BCUT2D eigenvalue weighted by atomic mass is 9.91. The SMILES string of the molecule is CC(C)NCCC(C)(O)Cc1cc(Cl)cc2c1OCC2. The molecule has 0 spiro atoms. The summed E-state index contributed by atoms with van der Waals surface area (Å²) >= 11 is 6.15. The van der Waals surface area contributed by atoms with Crippen molar-refractivity contribution < 1.29 is 9.84 Å². The third-order valence-electron chi connectivity index (χ3n) is 3.61. The van der Waals surface area contributed by atoms with E-state index >= 15 is 0 Å². The first-order valence-corrected chi connectivity index (χ1v) is 7.65. The molecule has 0 bridgehead atoms. The molecule has 2 N–H and O–H groups in total. The van der Waals surface area contributed by atoms with Gasteiger partial charge in [-0.05, 0) is 43.1 Å². The molecule has 3 nitrogen and oxygen atoms in total.